The predicted molar refractivity (Wildman–Crippen MR) is 62.6 cm³/mol. The lowest BCUT2D eigenvalue weighted by Crippen LogP contribution is -2.50. The summed E-state index contributed by atoms with van der Waals surface area (Å²) in [6.45, 7) is 1.21. The molecule has 1 saturated heterocycles. The summed E-state index contributed by atoms with van der Waals surface area (Å²) >= 11 is 0. The third-order valence-electron chi connectivity index (χ3n) is 2.95. The summed E-state index contributed by atoms with van der Waals surface area (Å²) in [7, 11) is 0. The van der Waals surface area contributed by atoms with E-state index in [9.17, 15) is 9.90 Å². The van der Waals surface area contributed by atoms with Gasteiger partial charge in [0.05, 0.1) is 19.4 Å². The quantitative estimate of drug-likeness (QED) is 0.807. The molecule has 0 spiro atoms. The maximum Gasteiger partial charge on any atom is 0.328 e. The van der Waals surface area contributed by atoms with E-state index >= 15 is 0 Å². The second-order valence-electron chi connectivity index (χ2n) is 4.04. The minimum atomic E-state index is -0.898. The van der Waals surface area contributed by atoms with Crippen molar-refractivity contribution in [3.8, 4) is 0 Å². The van der Waals surface area contributed by atoms with Gasteiger partial charge in [-0.05, 0) is 6.07 Å². The van der Waals surface area contributed by atoms with Gasteiger partial charge in [0.2, 0.25) is 0 Å². The average molecular weight is 248 g/mol. The first kappa shape index (κ1) is 11.0. The van der Waals surface area contributed by atoms with Gasteiger partial charge in [-0.3, -0.25) is 0 Å². The Morgan fingerprint density at radius 3 is 3.22 bits per heavy atom. The number of rotatable bonds is 2. The van der Waals surface area contributed by atoms with Crippen LogP contribution in [-0.4, -0.2) is 51.5 Å². The number of aromatic nitrogens is 3. The first-order valence-electron chi connectivity index (χ1n) is 5.63. The Morgan fingerprint density at radius 2 is 2.39 bits per heavy atom. The Kier molecular flexibility index (Phi) is 2.60. The molecule has 3 rings (SSSR count). The van der Waals surface area contributed by atoms with Crippen molar-refractivity contribution in [2.24, 2.45) is 0 Å². The van der Waals surface area contributed by atoms with Crippen molar-refractivity contribution in [3.05, 3.63) is 24.5 Å². The SMILES string of the molecule is O=C(O)C1COCCN1c1ccn2nccc2n1. The molecule has 2 aromatic heterocycles. The second kappa shape index (κ2) is 4.26. The molecule has 1 aliphatic rings. The highest BCUT2D eigenvalue weighted by molar-refractivity contribution is 5.78. The third kappa shape index (κ3) is 1.78. The fraction of sp³-hybridized carbons (Fsp3) is 0.364. The summed E-state index contributed by atoms with van der Waals surface area (Å²) < 4.78 is 6.84. The largest absolute Gasteiger partial charge is 0.480 e. The summed E-state index contributed by atoms with van der Waals surface area (Å²) in [6.07, 6.45) is 3.42. The molecule has 18 heavy (non-hydrogen) atoms. The smallest absolute Gasteiger partial charge is 0.328 e. The van der Waals surface area contributed by atoms with E-state index in [0.717, 1.165) is 0 Å². The van der Waals surface area contributed by atoms with Crippen molar-refractivity contribution in [2.75, 3.05) is 24.7 Å². The van der Waals surface area contributed by atoms with Crippen molar-refractivity contribution in [1.82, 2.24) is 14.6 Å². The van der Waals surface area contributed by atoms with Gasteiger partial charge < -0.3 is 14.7 Å². The topological polar surface area (TPSA) is 80.0 Å². The van der Waals surface area contributed by atoms with Crippen LogP contribution in [0.15, 0.2) is 24.5 Å². The number of ether oxygens (including phenoxy) is 1. The van der Waals surface area contributed by atoms with Crippen LogP contribution < -0.4 is 4.90 Å². The number of anilines is 1. The van der Waals surface area contributed by atoms with E-state index < -0.39 is 12.0 Å². The molecule has 94 valence electrons. The molecule has 7 nitrogen and oxygen atoms in total. The predicted octanol–water partition coefficient (Wildman–Crippen LogP) is 0.0191. The van der Waals surface area contributed by atoms with Crippen LogP contribution in [-0.2, 0) is 9.53 Å². The van der Waals surface area contributed by atoms with Gasteiger partial charge in [0, 0.05) is 18.8 Å². The molecule has 1 fully saturated rings. The van der Waals surface area contributed by atoms with Gasteiger partial charge >= 0.3 is 5.97 Å². The Hall–Kier alpha value is -2.15. The van der Waals surface area contributed by atoms with E-state index in [1.54, 1.807) is 33.9 Å². The molecule has 0 saturated carbocycles. The van der Waals surface area contributed by atoms with Crippen LogP contribution in [0.1, 0.15) is 0 Å². The normalized spacial score (nSPS) is 20.2. The molecule has 0 radical (unpaired) electrons. The van der Waals surface area contributed by atoms with Crippen LogP contribution in [0.25, 0.3) is 5.65 Å². The van der Waals surface area contributed by atoms with Crippen LogP contribution in [0.2, 0.25) is 0 Å². The summed E-state index contributed by atoms with van der Waals surface area (Å²) in [4.78, 5) is 17.3. The zero-order valence-corrected chi connectivity index (χ0v) is 9.56. The van der Waals surface area contributed by atoms with Crippen molar-refractivity contribution in [3.63, 3.8) is 0 Å². The summed E-state index contributed by atoms with van der Waals surface area (Å²) in [5, 5.41) is 13.2. The Bertz CT molecular complexity index is 582. The highest BCUT2D eigenvalue weighted by Gasteiger charge is 2.30. The van der Waals surface area contributed by atoms with Crippen molar-refractivity contribution < 1.29 is 14.6 Å². The van der Waals surface area contributed by atoms with E-state index in [4.69, 9.17) is 4.74 Å². The minimum Gasteiger partial charge on any atom is -0.480 e. The van der Waals surface area contributed by atoms with E-state index in [1.807, 2.05) is 0 Å². The van der Waals surface area contributed by atoms with Gasteiger partial charge in [-0.1, -0.05) is 0 Å². The molecule has 1 unspecified atom stereocenters. The third-order valence-corrected chi connectivity index (χ3v) is 2.95. The van der Waals surface area contributed by atoms with Gasteiger partial charge in [-0.2, -0.15) is 5.10 Å². The number of morpholine rings is 1. The van der Waals surface area contributed by atoms with Gasteiger partial charge in [0.15, 0.2) is 11.7 Å². The number of nitrogens with zero attached hydrogens (tertiary/aromatic N) is 4. The molecule has 1 atom stereocenters. The minimum absolute atomic E-state index is 0.182. The standard InChI is InChI=1S/C11H12N4O3/c16-11(17)8-7-18-6-5-14(8)9-2-4-15-10(13-9)1-3-12-15/h1-4,8H,5-7H2,(H,16,17). The monoisotopic (exact) mass is 248 g/mol. The fourth-order valence-electron chi connectivity index (χ4n) is 2.05. The molecule has 0 amide bonds. The number of aliphatic carboxylic acids is 1. The second-order valence-corrected chi connectivity index (χ2v) is 4.04. The number of carbonyl (C=O) groups is 1. The molecule has 3 heterocycles. The first-order chi connectivity index (χ1) is 8.75. The van der Waals surface area contributed by atoms with Crippen molar-refractivity contribution >= 4 is 17.4 Å². The number of hydrogen-bond acceptors (Lipinski definition) is 5. The van der Waals surface area contributed by atoms with Crippen LogP contribution in [0.5, 0.6) is 0 Å². The Balaban J connectivity index is 1.97. The van der Waals surface area contributed by atoms with E-state index in [-0.39, 0.29) is 6.61 Å². The molecule has 2 aromatic rings. The molecule has 0 bridgehead atoms. The lowest BCUT2D eigenvalue weighted by molar-refractivity contribution is -0.141. The number of hydrogen-bond donors (Lipinski definition) is 1. The Morgan fingerprint density at radius 1 is 1.50 bits per heavy atom. The van der Waals surface area contributed by atoms with E-state index in [2.05, 4.69) is 10.1 Å². The molecular formula is C11H12N4O3. The molecule has 0 aromatic carbocycles. The van der Waals surface area contributed by atoms with Crippen LogP contribution in [0.3, 0.4) is 0 Å². The highest BCUT2D eigenvalue weighted by atomic mass is 16.5. The van der Waals surface area contributed by atoms with Crippen molar-refractivity contribution in [2.45, 2.75) is 6.04 Å². The first-order valence-corrected chi connectivity index (χ1v) is 5.63. The molecule has 1 N–H and O–H groups in total. The maximum absolute atomic E-state index is 11.2. The van der Waals surface area contributed by atoms with Crippen LogP contribution >= 0.6 is 0 Å². The van der Waals surface area contributed by atoms with Gasteiger partial charge in [0.1, 0.15) is 5.82 Å². The number of carboxylic acids is 1. The summed E-state index contributed by atoms with van der Waals surface area (Å²) in [5.74, 6) is -0.261. The van der Waals surface area contributed by atoms with Crippen molar-refractivity contribution in [1.29, 1.82) is 0 Å². The summed E-state index contributed by atoms with van der Waals surface area (Å²) in [6, 6.07) is 2.86. The van der Waals surface area contributed by atoms with Crippen LogP contribution in [0.4, 0.5) is 5.82 Å². The van der Waals surface area contributed by atoms with Gasteiger partial charge in [-0.25, -0.2) is 14.3 Å². The molecular weight excluding hydrogens is 236 g/mol. The maximum atomic E-state index is 11.2. The number of carboxylic acid groups (broad SMARTS) is 1. The average Bonchev–Trinajstić information content (AvgIpc) is 2.85. The Labute approximate surface area is 103 Å². The molecule has 1 aliphatic heterocycles. The van der Waals surface area contributed by atoms with E-state index in [0.29, 0.717) is 24.6 Å². The fourth-order valence-corrected chi connectivity index (χ4v) is 2.05. The summed E-state index contributed by atoms with van der Waals surface area (Å²) in [5.41, 5.74) is 0.697. The van der Waals surface area contributed by atoms with Gasteiger partial charge in [0.25, 0.3) is 0 Å². The highest BCUT2D eigenvalue weighted by Crippen LogP contribution is 2.18. The van der Waals surface area contributed by atoms with Gasteiger partial charge in [-0.15, -0.1) is 0 Å². The zero-order valence-electron chi connectivity index (χ0n) is 9.56. The molecule has 0 aliphatic carbocycles. The molecule has 7 heteroatoms. The van der Waals surface area contributed by atoms with Crippen LogP contribution in [0, 0.1) is 0 Å². The zero-order chi connectivity index (χ0) is 12.5. The number of fused-ring (bicyclic) bond motifs is 1. The van der Waals surface area contributed by atoms with E-state index in [1.165, 1.54) is 0 Å². The lowest BCUT2D eigenvalue weighted by atomic mass is 10.2. The lowest BCUT2D eigenvalue weighted by Gasteiger charge is -2.33.